The molecule has 2 heterocycles. The smallest absolute Gasteiger partial charge is 0.220 e. The first kappa shape index (κ1) is 13.4. The van der Waals surface area contributed by atoms with E-state index in [0.717, 1.165) is 19.5 Å². The van der Waals surface area contributed by atoms with Crippen LogP contribution in [0.2, 0.25) is 0 Å². The Morgan fingerprint density at radius 1 is 1.21 bits per heavy atom. The largest absolute Gasteiger partial charge is 0.370 e. The third-order valence-electron chi connectivity index (χ3n) is 5.00. The van der Waals surface area contributed by atoms with E-state index in [1.54, 1.807) is 0 Å². The standard InChI is InChI=1S/C15H26N2O2/c18-14-5-4-12(10-17-14)16-11-13-6-9-15(19-13)7-2-1-3-8-15/h12-13,16H,1-11H2,(H,17,18). The van der Waals surface area contributed by atoms with Crippen LogP contribution in [0.5, 0.6) is 0 Å². The quantitative estimate of drug-likeness (QED) is 0.818. The summed E-state index contributed by atoms with van der Waals surface area (Å²) in [4.78, 5) is 11.1. The van der Waals surface area contributed by atoms with Gasteiger partial charge in [-0.25, -0.2) is 0 Å². The molecule has 1 amide bonds. The zero-order valence-corrected chi connectivity index (χ0v) is 11.7. The maximum atomic E-state index is 11.1. The van der Waals surface area contributed by atoms with Gasteiger partial charge in [-0.3, -0.25) is 4.79 Å². The maximum absolute atomic E-state index is 11.1. The first-order valence-electron chi connectivity index (χ1n) is 7.94. The minimum atomic E-state index is 0.191. The Hall–Kier alpha value is -0.610. The lowest BCUT2D eigenvalue weighted by atomic mass is 9.83. The van der Waals surface area contributed by atoms with Crippen molar-refractivity contribution in [1.29, 1.82) is 0 Å². The number of rotatable bonds is 3. The summed E-state index contributed by atoms with van der Waals surface area (Å²) < 4.78 is 6.35. The molecule has 0 aromatic rings. The molecule has 2 atom stereocenters. The minimum Gasteiger partial charge on any atom is -0.370 e. The fourth-order valence-corrected chi connectivity index (χ4v) is 3.81. The van der Waals surface area contributed by atoms with Gasteiger partial charge in [-0.2, -0.15) is 0 Å². The summed E-state index contributed by atoms with van der Waals surface area (Å²) in [5.41, 5.74) is 0.228. The van der Waals surface area contributed by atoms with Gasteiger partial charge in [0.05, 0.1) is 11.7 Å². The molecule has 3 rings (SSSR count). The van der Waals surface area contributed by atoms with E-state index in [-0.39, 0.29) is 11.5 Å². The molecule has 2 aliphatic heterocycles. The van der Waals surface area contributed by atoms with Crippen LogP contribution in [-0.2, 0) is 9.53 Å². The van der Waals surface area contributed by atoms with Crippen LogP contribution in [0.15, 0.2) is 0 Å². The predicted octanol–water partition coefficient (Wildman–Crippen LogP) is 1.74. The van der Waals surface area contributed by atoms with Crippen molar-refractivity contribution in [2.24, 2.45) is 0 Å². The summed E-state index contributed by atoms with van der Waals surface area (Å²) in [6.07, 6.45) is 11.1. The van der Waals surface area contributed by atoms with Crippen LogP contribution in [-0.4, -0.2) is 36.7 Å². The molecule has 0 aromatic carbocycles. The second-order valence-electron chi connectivity index (χ2n) is 6.47. The van der Waals surface area contributed by atoms with Gasteiger partial charge in [-0.05, 0) is 32.1 Å². The van der Waals surface area contributed by atoms with Crippen LogP contribution < -0.4 is 10.6 Å². The number of hydrogen-bond donors (Lipinski definition) is 2. The first-order chi connectivity index (χ1) is 9.26. The summed E-state index contributed by atoms with van der Waals surface area (Å²) in [5, 5.41) is 6.49. The Bertz CT molecular complexity index is 316. The van der Waals surface area contributed by atoms with E-state index in [9.17, 15) is 4.79 Å². The highest BCUT2D eigenvalue weighted by Gasteiger charge is 2.40. The van der Waals surface area contributed by atoms with E-state index in [2.05, 4.69) is 10.6 Å². The molecule has 2 unspecified atom stereocenters. The topological polar surface area (TPSA) is 50.4 Å². The van der Waals surface area contributed by atoms with Gasteiger partial charge >= 0.3 is 0 Å². The zero-order valence-electron chi connectivity index (χ0n) is 11.7. The predicted molar refractivity (Wildman–Crippen MR) is 74.0 cm³/mol. The SMILES string of the molecule is O=C1CCC(NCC2CCC3(CCCCC3)O2)CN1. The third kappa shape index (κ3) is 3.29. The summed E-state index contributed by atoms with van der Waals surface area (Å²) in [6.45, 7) is 1.72. The number of ether oxygens (including phenoxy) is 1. The summed E-state index contributed by atoms with van der Waals surface area (Å²) in [6, 6.07) is 0.434. The van der Waals surface area contributed by atoms with Gasteiger partial charge in [-0.1, -0.05) is 19.3 Å². The Kier molecular flexibility index (Phi) is 4.08. The van der Waals surface area contributed by atoms with Crippen molar-refractivity contribution in [3.8, 4) is 0 Å². The lowest BCUT2D eigenvalue weighted by Crippen LogP contribution is -2.47. The molecule has 2 saturated heterocycles. The highest BCUT2D eigenvalue weighted by molar-refractivity contribution is 5.76. The molecule has 3 aliphatic rings. The van der Waals surface area contributed by atoms with Gasteiger partial charge in [0.1, 0.15) is 0 Å². The normalized spacial score (nSPS) is 34.4. The number of amides is 1. The molecular weight excluding hydrogens is 240 g/mol. The van der Waals surface area contributed by atoms with E-state index >= 15 is 0 Å². The van der Waals surface area contributed by atoms with Crippen molar-refractivity contribution >= 4 is 5.91 Å². The Morgan fingerprint density at radius 2 is 2.05 bits per heavy atom. The molecule has 1 saturated carbocycles. The Morgan fingerprint density at radius 3 is 2.79 bits per heavy atom. The van der Waals surface area contributed by atoms with Gasteiger partial charge in [0.15, 0.2) is 0 Å². The molecule has 0 radical (unpaired) electrons. The van der Waals surface area contributed by atoms with E-state index in [1.165, 1.54) is 44.9 Å². The number of nitrogens with one attached hydrogen (secondary N) is 2. The van der Waals surface area contributed by atoms with Crippen LogP contribution in [0.3, 0.4) is 0 Å². The van der Waals surface area contributed by atoms with Crippen molar-refractivity contribution < 1.29 is 9.53 Å². The van der Waals surface area contributed by atoms with Crippen molar-refractivity contribution in [3.05, 3.63) is 0 Å². The number of hydrogen-bond acceptors (Lipinski definition) is 3. The third-order valence-corrected chi connectivity index (χ3v) is 5.00. The molecule has 1 aliphatic carbocycles. The van der Waals surface area contributed by atoms with E-state index in [0.29, 0.717) is 18.6 Å². The van der Waals surface area contributed by atoms with Gasteiger partial charge in [-0.15, -0.1) is 0 Å². The van der Waals surface area contributed by atoms with E-state index < -0.39 is 0 Å². The molecule has 0 bridgehead atoms. The molecule has 0 aromatic heterocycles. The maximum Gasteiger partial charge on any atom is 0.220 e. The monoisotopic (exact) mass is 266 g/mol. The van der Waals surface area contributed by atoms with Gasteiger partial charge in [0.2, 0.25) is 5.91 Å². The zero-order chi connectivity index (χ0) is 13.1. The highest BCUT2D eigenvalue weighted by atomic mass is 16.5. The molecule has 4 heteroatoms. The summed E-state index contributed by atoms with van der Waals surface area (Å²) >= 11 is 0. The molecular formula is C15H26N2O2. The number of carbonyl (C=O) groups excluding carboxylic acids is 1. The molecule has 1 spiro atoms. The molecule has 19 heavy (non-hydrogen) atoms. The number of piperidine rings is 1. The lowest BCUT2D eigenvalue weighted by Gasteiger charge is -2.33. The van der Waals surface area contributed by atoms with E-state index in [4.69, 9.17) is 4.74 Å². The van der Waals surface area contributed by atoms with E-state index in [1.807, 2.05) is 0 Å². The minimum absolute atomic E-state index is 0.191. The Labute approximate surface area is 115 Å². The second-order valence-corrected chi connectivity index (χ2v) is 6.47. The molecule has 3 fully saturated rings. The second kappa shape index (κ2) is 5.80. The molecule has 4 nitrogen and oxygen atoms in total. The van der Waals surface area contributed by atoms with Crippen molar-refractivity contribution in [1.82, 2.24) is 10.6 Å². The van der Waals surface area contributed by atoms with Crippen molar-refractivity contribution in [3.63, 3.8) is 0 Å². The van der Waals surface area contributed by atoms with Crippen LogP contribution in [0, 0.1) is 0 Å². The fourth-order valence-electron chi connectivity index (χ4n) is 3.81. The van der Waals surface area contributed by atoms with Crippen LogP contribution >= 0.6 is 0 Å². The van der Waals surface area contributed by atoms with Crippen molar-refractivity contribution in [2.45, 2.75) is 75.5 Å². The summed E-state index contributed by atoms with van der Waals surface area (Å²) in [5.74, 6) is 0.191. The van der Waals surface area contributed by atoms with Gasteiger partial charge in [0.25, 0.3) is 0 Å². The molecule has 108 valence electrons. The highest BCUT2D eigenvalue weighted by Crippen LogP contribution is 2.41. The van der Waals surface area contributed by atoms with Crippen LogP contribution in [0.4, 0.5) is 0 Å². The van der Waals surface area contributed by atoms with Gasteiger partial charge in [0, 0.05) is 25.6 Å². The first-order valence-corrected chi connectivity index (χ1v) is 7.94. The summed E-state index contributed by atoms with van der Waals surface area (Å²) in [7, 11) is 0. The van der Waals surface area contributed by atoms with Crippen molar-refractivity contribution in [2.75, 3.05) is 13.1 Å². The average Bonchev–Trinajstić information content (AvgIpc) is 2.82. The Balaban J connectivity index is 1.41. The fraction of sp³-hybridized carbons (Fsp3) is 0.933. The average molecular weight is 266 g/mol. The molecule has 2 N–H and O–H groups in total. The lowest BCUT2D eigenvalue weighted by molar-refractivity contribution is -0.122. The van der Waals surface area contributed by atoms with Crippen LogP contribution in [0.25, 0.3) is 0 Å². The number of carbonyl (C=O) groups is 1. The van der Waals surface area contributed by atoms with Crippen LogP contribution in [0.1, 0.15) is 57.8 Å². The van der Waals surface area contributed by atoms with Gasteiger partial charge < -0.3 is 15.4 Å².